The minimum atomic E-state index is -0.0421. The molecule has 0 amide bonds. The summed E-state index contributed by atoms with van der Waals surface area (Å²) in [5, 5.41) is 10.8. The highest BCUT2D eigenvalue weighted by Crippen LogP contribution is 2.22. The maximum Gasteiger partial charge on any atom is 0.216 e. The van der Waals surface area contributed by atoms with Gasteiger partial charge < -0.3 is 15.1 Å². The van der Waals surface area contributed by atoms with Gasteiger partial charge in [-0.1, -0.05) is 20.8 Å². The minimum absolute atomic E-state index is 0. The average molecular weight is 460 g/mol. The Morgan fingerprint density at radius 3 is 2.60 bits per heavy atom. The quantitative estimate of drug-likeness (QED) is 0.394. The molecule has 7 nitrogen and oxygen atoms in total. The van der Waals surface area contributed by atoms with Gasteiger partial charge in [0.25, 0.3) is 0 Å². The fourth-order valence-corrected chi connectivity index (χ4v) is 2.10. The monoisotopic (exact) mass is 460 g/mol. The van der Waals surface area contributed by atoms with E-state index in [4.69, 9.17) is 4.42 Å². The third kappa shape index (κ3) is 7.05. The Morgan fingerprint density at radius 2 is 2.04 bits per heavy atom. The van der Waals surface area contributed by atoms with Crippen molar-refractivity contribution in [3.05, 3.63) is 35.8 Å². The Balaban J connectivity index is 0.00000312. The second kappa shape index (κ2) is 9.79. The molecule has 0 aliphatic rings. The highest BCUT2D eigenvalue weighted by molar-refractivity contribution is 14.0. The molecule has 8 heteroatoms. The molecule has 2 heterocycles. The fraction of sp³-hybridized carbons (Fsp3) is 0.588. The van der Waals surface area contributed by atoms with Crippen LogP contribution < -0.4 is 10.6 Å². The van der Waals surface area contributed by atoms with Crippen LogP contribution in [-0.2, 0) is 18.5 Å². The Bertz CT molecular complexity index is 671. The van der Waals surface area contributed by atoms with E-state index >= 15 is 0 Å². The molecule has 0 aromatic carbocycles. The van der Waals surface area contributed by atoms with Crippen LogP contribution in [0.2, 0.25) is 0 Å². The average Bonchev–Trinajstić information content (AvgIpc) is 3.13. The van der Waals surface area contributed by atoms with Crippen LogP contribution in [0.4, 0.5) is 0 Å². The maximum atomic E-state index is 5.77. The minimum Gasteiger partial charge on any atom is -0.443 e. The second-order valence-electron chi connectivity index (χ2n) is 6.77. The smallest absolute Gasteiger partial charge is 0.216 e. The van der Waals surface area contributed by atoms with Crippen molar-refractivity contribution in [3.63, 3.8) is 0 Å². The maximum absolute atomic E-state index is 5.77. The molecule has 2 aromatic rings. The van der Waals surface area contributed by atoms with Crippen LogP contribution in [0.25, 0.3) is 0 Å². The summed E-state index contributed by atoms with van der Waals surface area (Å²) in [6, 6.07) is 0. The SMILES string of the molecule is CCNC(=NCc1ncc(C(C)(C)C)o1)NCCn1cc(C)cn1.I. The van der Waals surface area contributed by atoms with Crippen molar-refractivity contribution in [2.75, 3.05) is 13.1 Å². The highest BCUT2D eigenvalue weighted by Gasteiger charge is 2.18. The number of aliphatic imine (C=N–C) groups is 1. The Kier molecular flexibility index (Phi) is 8.40. The molecule has 2 N–H and O–H groups in total. The molecule has 2 aromatic heterocycles. The molecule has 0 atom stereocenters. The van der Waals surface area contributed by atoms with Crippen LogP contribution in [0.5, 0.6) is 0 Å². The molecule has 2 rings (SSSR count). The number of nitrogens with zero attached hydrogens (tertiary/aromatic N) is 4. The van der Waals surface area contributed by atoms with Crippen LogP contribution in [0.15, 0.2) is 28.0 Å². The van der Waals surface area contributed by atoms with E-state index < -0.39 is 0 Å². The van der Waals surface area contributed by atoms with Crippen molar-refractivity contribution in [3.8, 4) is 0 Å². The Labute approximate surface area is 166 Å². The molecule has 0 aliphatic carbocycles. The zero-order valence-electron chi connectivity index (χ0n) is 15.7. The van der Waals surface area contributed by atoms with E-state index in [9.17, 15) is 0 Å². The van der Waals surface area contributed by atoms with Crippen molar-refractivity contribution >= 4 is 29.9 Å². The van der Waals surface area contributed by atoms with Crippen LogP contribution in [0.3, 0.4) is 0 Å². The van der Waals surface area contributed by atoms with Gasteiger partial charge in [-0.05, 0) is 19.4 Å². The lowest BCUT2D eigenvalue weighted by atomic mass is 9.94. The van der Waals surface area contributed by atoms with Crippen LogP contribution >= 0.6 is 24.0 Å². The first-order valence-corrected chi connectivity index (χ1v) is 8.35. The van der Waals surface area contributed by atoms with Gasteiger partial charge in [0.05, 0.1) is 18.9 Å². The van der Waals surface area contributed by atoms with Gasteiger partial charge in [0.15, 0.2) is 5.96 Å². The summed E-state index contributed by atoms with van der Waals surface area (Å²) in [5.74, 6) is 2.25. The van der Waals surface area contributed by atoms with Gasteiger partial charge in [0.1, 0.15) is 12.3 Å². The number of hydrogen-bond acceptors (Lipinski definition) is 4. The number of aromatic nitrogens is 3. The summed E-state index contributed by atoms with van der Waals surface area (Å²) in [6.07, 6.45) is 5.66. The lowest BCUT2D eigenvalue weighted by molar-refractivity contribution is 0.383. The molecular formula is C17H29IN6O. The van der Waals surface area contributed by atoms with Crippen molar-refractivity contribution < 1.29 is 4.42 Å². The van der Waals surface area contributed by atoms with E-state index in [0.29, 0.717) is 12.4 Å². The predicted molar refractivity (Wildman–Crippen MR) is 110 cm³/mol. The fourth-order valence-electron chi connectivity index (χ4n) is 2.10. The zero-order valence-corrected chi connectivity index (χ0v) is 18.0. The standard InChI is InChI=1S/C17H28N6O.HI/c1-6-18-16(19-7-8-23-12-13(2)9-22-23)21-11-15-20-10-14(24-15)17(3,4)5;/h9-10,12H,6-8,11H2,1-5H3,(H2,18,19,21);1H. The summed E-state index contributed by atoms with van der Waals surface area (Å²) in [6.45, 7) is 13.1. The number of halogens is 1. The van der Waals surface area contributed by atoms with E-state index in [1.54, 1.807) is 6.20 Å². The van der Waals surface area contributed by atoms with Crippen molar-refractivity contribution in [1.29, 1.82) is 0 Å². The van der Waals surface area contributed by atoms with Crippen molar-refractivity contribution in [1.82, 2.24) is 25.4 Å². The van der Waals surface area contributed by atoms with Gasteiger partial charge in [0.2, 0.25) is 5.89 Å². The number of hydrogen-bond donors (Lipinski definition) is 2. The third-order valence-corrected chi connectivity index (χ3v) is 3.41. The van der Waals surface area contributed by atoms with Gasteiger partial charge in [-0.2, -0.15) is 5.10 Å². The first-order valence-electron chi connectivity index (χ1n) is 8.35. The Hall–Kier alpha value is -1.58. The highest BCUT2D eigenvalue weighted by atomic mass is 127. The van der Waals surface area contributed by atoms with Gasteiger partial charge >= 0.3 is 0 Å². The van der Waals surface area contributed by atoms with E-state index in [-0.39, 0.29) is 29.4 Å². The van der Waals surface area contributed by atoms with Crippen molar-refractivity contribution in [2.45, 2.75) is 53.1 Å². The third-order valence-electron chi connectivity index (χ3n) is 3.41. The predicted octanol–water partition coefficient (Wildman–Crippen LogP) is 2.85. The Morgan fingerprint density at radius 1 is 1.28 bits per heavy atom. The summed E-state index contributed by atoms with van der Waals surface area (Å²) in [7, 11) is 0. The molecule has 140 valence electrons. The number of oxazole rings is 1. The molecule has 0 bridgehead atoms. The summed E-state index contributed by atoms with van der Waals surface area (Å²) in [5.41, 5.74) is 1.12. The van der Waals surface area contributed by atoms with E-state index in [1.807, 2.05) is 30.9 Å². The van der Waals surface area contributed by atoms with Crippen molar-refractivity contribution in [2.24, 2.45) is 4.99 Å². The van der Waals surface area contributed by atoms with E-state index in [1.165, 1.54) is 0 Å². The molecule has 0 radical (unpaired) electrons. The second-order valence-corrected chi connectivity index (χ2v) is 6.77. The normalized spacial score (nSPS) is 12.0. The molecule has 25 heavy (non-hydrogen) atoms. The largest absolute Gasteiger partial charge is 0.443 e. The number of nitrogens with one attached hydrogen (secondary N) is 2. The lowest BCUT2D eigenvalue weighted by Crippen LogP contribution is -2.38. The number of guanidine groups is 1. The summed E-state index contributed by atoms with van der Waals surface area (Å²) >= 11 is 0. The first-order chi connectivity index (χ1) is 11.4. The van der Waals surface area contributed by atoms with Gasteiger partial charge in [-0.25, -0.2) is 9.98 Å². The molecule has 0 aliphatic heterocycles. The molecule has 0 fully saturated rings. The number of rotatable bonds is 6. The number of aryl methyl sites for hydroxylation is 1. The zero-order chi connectivity index (χ0) is 17.6. The van der Waals surface area contributed by atoms with Crippen LogP contribution in [0.1, 0.15) is 44.9 Å². The molecule has 0 saturated heterocycles. The summed E-state index contributed by atoms with van der Waals surface area (Å²) < 4.78 is 7.68. The molecular weight excluding hydrogens is 431 g/mol. The molecule has 0 spiro atoms. The molecule has 0 saturated carbocycles. The van der Waals surface area contributed by atoms with E-state index in [0.717, 1.165) is 36.9 Å². The van der Waals surface area contributed by atoms with Gasteiger partial charge in [-0.15, -0.1) is 24.0 Å². The lowest BCUT2D eigenvalue weighted by Gasteiger charge is -2.13. The van der Waals surface area contributed by atoms with Gasteiger partial charge in [-0.3, -0.25) is 4.68 Å². The van der Waals surface area contributed by atoms with Crippen LogP contribution in [-0.4, -0.2) is 33.8 Å². The molecule has 0 unspecified atom stereocenters. The summed E-state index contributed by atoms with van der Waals surface area (Å²) in [4.78, 5) is 8.83. The van der Waals surface area contributed by atoms with E-state index in [2.05, 4.69) is 46.5 Å². The van der Waals surface area contributed by atoms with Gasteiger partial charge in [0, 0.05) is 24.7 Å². The van der Waals surface area contributed by atoms with Crippen LogP contribution in [0, 0.1) is 6.92 Å². The first kappa shape index (κ1) is 21.5. The topological polar surface area (TPSA) is 80.3 Å².